The molecule has 1 aromatic carbocycles. The van der Waals surface area contributed by atoms with E-state index in [1.807, 2.05) is 0 Å². The van der Waals surface area contributed by atoms with E-state index < -0.39 is 0 Å². The fourth-order valence-electron chi connectivity index (χ4n) is 7.23. The first-order valence-corrected chi connectivity index (χ1v) is 6.96. The van der Waals surface area contributed by atoms with Gasteiger partial charge in [0.05, 0.1) is 0 Å². The normalized spacial score (nSPS) is 62.8. The number of benzene rings is 1. The second-order valence-electron chi connectivity index (χ2n) is 6.89. The zero-order valence-electron chi connectivity index (χ0n) is 9.54. The topological polar surface area (TPSA) is 17.1 Å². The lowest BCUT2D eigenvalue weighted by Gasteiger charge is -2.70. The van der Waals surface area contributed by atoms with Gasteiger partial charge in [-0.2, -0.15) is 0 Å². The Morgan fingerprint density at radius 3 is 2.76 bits per heavy atom. The lowest BCUT2D eigenvalue weighted by molar-refractivity contribution is -0.194. The van der Waals surface area contributed by atoms with Crippen molar-refractivity contribution in [2.45, 2.75) is 11.8 Å². The summed E-state index contributed by atoms with van der Waals surface area (Å²) in [6.45, 7) is 0. The molecule has 8 atom stereocenters. The van der Waals surface area contributed by atoms with Crippen molar-refractivity contribution in [1.82, 2.24) is 0 Å². The van der Waals surface area contributed by atoms with E-state index in [9.17, 15) is 4.79 Å². The molecule has 0 aliphatic heterocycles. The van der Waals surface area contributed by atoms with Gasteiger partial charge in [-0.05, 0) is 41.6 Å². The molecule has 0 saturated heterocycles. The van der Waals surface area contributed by atoms with Crippen LogP contribution in [0.15, 0.2) is 30.3 Å². The maximum atomic E-state index is 12.5. The molecule has 0 amide bonds. The van der Waals surface area contributed by atoms with Crippen LogP contribution in [0.25, 0.3) is 0 Å². The average Bonchev–Trinajstić information content (AvgIpc) is 2.82. The van der Waals surface area contributed by atoms with Crippen molar-refractivity contribution in [3.63, 3.8) is 0 Å². The summed E-state index contributed by atoms with van der Waals surface area (Å²) in [6, 6.07) is 11.0. The van der Waals surface area contributed by atoms with Crippen molar-refractivity contribution in [2.75, 3.05) is 0 Å². The maximum absolute atomic E-state index is 12.5. The quantitative estimate of drug-likeness (QED) is 0.712. The first kappa shape index (κ1) is 8.07. The van der Waals surface area contributed by atoms with Gasteiger partial charge in [-0.1, -0.05) is 30.3 Å². The fraction of sp³-hybridized carbons (Fsp3) is 0.562. The SMILES string of the molecule is O=C1C2C3C4CC2C2(c5ccccc5)C1C3C42. The predicted molar refractivity (Wildman–Crippen MR) is 62.2 cm³/mol. The lowest BCUT2D eigenvalue weighted by Crippen LogP contribution is -2.70. The molecule has 0 aromatic heterocycles. The van der Waals surface area contributed by atoms with Crippen LogP contribution in [0.5, 0.6) is 0 Å². The average molecular weight is 222 g/mol. The molecule has 84 valence electrons. The van der Waals surface area contributed by atoms with Crippen molar-refractivity contribution < 1.29 is 4.79 Å². The van der Waals surface area contributed by atoms with Crippen LogP contribution in [0.1, 0.15) is 12.0 Å². The molecule has 1 nitrogen and oxygen atoms in total. The minimum atomic E-state index is 0.326. The maximum Gasteiger partial charge on any atom is 0.140 e. The minimum absolute atomic E-state index is 0.326. The molecule has 7 rings (SSSR count). The molecule has 0 spiro atoms. The van der Waals surface area contributed by atoms with Gasteiger partial charge >= 0.3 is 0 Å². The molecule has 6 aliphatic rings. The van der Waals surface area contributed by atoms with Crippen LogP contribution < -0.4 is 0 Å². The van der Waals surface area contributed by atoms with Gasteiger partial charge in [-0.25, -0.2) is 0 Å². The van der Waals surface area contributed by atoms with E-state index in [0.29, 0.717) is 23.0 Å². The Hall–Kier alpha value is -1.11. The number of rotatable bonds is 1. The molecule has 17 heavy (non-hydrogen) atoms. The molecule has 6 aliphatic carbocycles. The second kappa shape index (κ2) is 2.00. The number of carbonyl (C=O) groups excluding carboxylic acids is 1. The van der Waals surface area contributed by atoms with Gasteiger partial charge in [0.2, 0.25) is 0 Å². The van der Waals surface area contributed by atoms with Crippen LogP contribution >= 0.6 is 0 Å². The van der Waals surface area contributed by atoms with Crippen molar-refractivity contribution in [3.05, 3.63) is 35.9 Å². The Kier molecular flexibility index (Phi) is 0.950. The second-order valence-corrected chi connectivity index (χ2v) is 6.89. The van der Waals surface area contributed by atoms with Gasteiger partial charge in [0.25, 0.3) is 0 Å². The van der Waals surface area contributed by atoms with Gasteiger partial charge in [0.15, 0.2) is 0 Å². The van der Waals surface area contributed by atoms with Crippen LogP contribution in [0.4, 0.5) is 0 Å². The number of hydrogen-bond donors (Lipinski definition) is 0. The molecule has 0 N–H and O–H groups in total. The number of carbonyl (C=O) groups is 1. The van der Waals surface area contributed by atoms with E-state index in [0.717, 1.165) is 29.6 Å². The third-order valence-corrected chi connectivity index (χ3v) is 7.16. The van der Waals surface area contributed by atoms with Crippen LogP contribution in [0.2, 0.25) is 0 Å². The van der Waals surface area contributed by atoms with Gasteiger partial charge in [-0.3, -0.25) is 4.79 Å². The van der Waals surface area contributed by atoms with Crippen LogP contribution in [0, 0.1) is 41.4 Å². The predicted octanol–water partition coefficient (Wildman–Crippen LogP) is 2.27. The van der Waals surface area contributed by atoms with E-state index >= 15 is 0 Å². The lowest BCUT2D eigenvalue weighted by atomic mass is 9.33. The number of ketones is 1. The van der Waals surface area contributed by atoms with Crippen LogP contribution in [-0.2, 0) is 10.2 Å². The fourth-order valence-corrected chi connectivity index (χ4v) is 7.23. The Bertz CT molecular complexity index is 576. The third-order valence-electron chi connectivity index (χ3n) is 7.16. The van der Waals surface area contributed by atoms with E-state index in [-0.39, 0.29) is 0 Å². The Labute approximate surface area is 100 Å². The van der Waals surface area contributed by atoms with E-state index in [1.54, 1.807) is 0 Å². The molecule has 1 heteroatoms. The number of hydrogen-bond acceptors (Lipinski definition) is 1. The standard InChI is InChI=1S/C16H14O/c17-15-11-9-6-8-10(11)12-13(8)16(9,14(12)15)7-4-2-1-3-5-7/h1-5,8-14H,6H2. The smallest absolute Gasteiger partial charge is 0.140 e. The van der Waals surface area contributed by atoms with Gasteiger partial charge in [0.1, 0.15) is 5.78 Å². The summed E-state index contributed by atoms with van der Waals surface area (Å²) in [5, 5.41) is 0. The summed E-state index contributed by atoms with van der Waals surface area (Å²) < 4.78 is 0. The Balaban J connectivity index is 1.67. The Morgan fingerprint density at radius 1 is 1.12 bits per heavy atom. The first-order valence-electron chi connectivity index (χ1n) is 6.96. The third kappa shape index (κ3) is 0.492. The molecule has 6 fully saturated rings. The number of Topliss-reactive ketones (excluding diaryl/α,β-unsaturated/α-hetero) is 1. The minimum Gasteiger partial charge on any atom is -0.299 e. The summed E-state index contributed by atoms with van der Waals surface area (Å²) in [4.78, 5) is 12.5. The van der Waals surface area contributed by atoms with Gasteiger partial charge in [-0.15, -0.1) is 0 Å². The van der Waals surface area contributed by atoms with Gasteiger partial charge in [0, 0.05) is 17.3 Å². The van der Waals surface area contributed by atoms with Crippen LogP contribution in [-0.4, -0.2) is 5.78 Å². The molecule has 0 radical (unpaired) electrons. The molecule has 0 heterocycles. The molecule has 4 bridgehead atoms. The van der Waals surface area contributed by atoms with Crippen molar-refractivity contribution >= 4 is 5.78 Å². The van der Waals surface area contributed by atoms with E-state index in [4.69, 9.17) is 0 Å². The summed E-state index contributed by atoms with van der Waals surface area (Å²) in [5.41, 5.74) is 1.82. The Morgan fingerprint density at radius 2 is 1.94 bits per heavy atom. The monoisotopic (exact) mass is 222 g/mol. The summed E-state index contributed by atoms with van der Waals surface area (Å²) in [5.74, 6) is 5.79. The molecular weight excluding hydrogens is 208 g/mol. The van der Waals surface area contributed by atoms with Gasteiger partial charge < -0.3 is 0 Å². The van der Waals surface area contributed by atoms with E-state index in [1.165, 1.54) is 12.0 Å². The molecular formula is C16H14O. The highest BCUT2D eigenvalue weighted by molar-refractivity contribution is 5.96. The van der Waals surface area contributed by atoms with Crippen LogP contribution in [0.3, 0.4) is 0 Å². The van der Waals surface area contributed by atoms with E-state index in [2.05, 4.69) is 30.3 Å². The first-order chi connectivity index (χ1) is 8.37. The summed E-state index contributed by atoms with van der Waals surface area (Å²) in [6.07, 6.45) is 1.37. The summed E-state index contributed by atoms with van der Waals surface area (Å²) >= 11 is 0. The van der Waals surface area contributed by atoms with Crippen molar-refractivity contribution in [1.29, 1.82) is 0 Å². The largest absolute Gasteiger partial charge is 0.299 e. The highest BCUT2D eigenvalue weighted by atomic mass is 16.1. The highest BCUT2D eigenvalue weighted by Crippen LogP contribution is 2.92. The molecule has 1 aromatic rings. The molecule has 6 saturated carbocycles. The zero-order chi connectivity index (χ0) is 10.9. The summed E-state index contributed by atoms with van der Waals surface area (Å²) in [7, 11) is 0. The molecule has 8 unspecified atom stereocenters. The van der Waals surface area contributed by atoms with Crippen molar-refractivity contribution in [2.24, 2.45) is 41.4 Å². The zero-order valence-corrected chi connectivity index (χ0v) is 9.54. The highest BCUT2D eigenvalue weighted by Gasteiger charge is 2.93. The van der Waals surface area contributed by atoms with Crippen molar-refractivity contribution in [3.8, 4) is 0 Å².